The minimum absolute atomic E-state index is 0.0149. The van der Waals surface area contributed by atoms with Gasteiger partial charge in [-0.15, -0.1) is 0 Å². The lowest BCUT2D eigenvalue weighted by atomic mass is 9.82. The molecular formula is C15H28N2O. The predicted molar refractivity (Wildman–Crippen MR) is 75.0 cm³/mol. The quantitative estimate of drug-likeness (QED) is 0.618. The molecule has 0 unspecified atom stereocenters. The molecule has 0 rings (SSSR count). The average Bonchev–Trinajstić information content (AvgIpc) is 2.37. The van der Waals surface area contributed by atoms with Crippen molar-refractivity contribution in [3.63, 3.8) is 0 Å². The smallest absolute Gasteiger partial charge is 0.243 e. The molecule has 0 aromatic carbocycles. The van der Waals surface area contributed by atoms with Gasteiger partial charge >= 0.3 is 0 Å². The third-order valence-electron chi connectivity index (χ3n) is 3.72. The number of nitriles is 1. The molecule has 3 nitrogen and oxygen atoms in total. The zero-order chi connectivity index (χ0) is 14.2. The van der Waals surface area contributed by atoms with Gasteiger partial charge in [0.05, 0.1) is 6.07 Å². The number of amides is 1. The molecule has 0 radical (unpaired) electrons. The van der Waals surface area contributed by atoms with E-state index in [9.17, 15) is 10.1 Å². The number of hydrogen-bond donors (Lipinski definition) is 0. The molecule has 3 heteroatoms. The second kappa shape index (κ2) is 8.13. The average molecular weight is 252 g/mol. The SMILES string of the molecule is CCCCCN(C(=O)C(C#N)(CC)CC)C(C)C. The van der Waals surface area contributed by atoms with Crippen molar-refractivity contribution >= 4 is 5.91 Å². The van der Waals surface area contributed by atoms with Crippen LogP contribution in [0.4, 0.5) is 0 Å². The Morgan fingerprint density at radius 1 is 1.22 bits per heavy atom. The Bertz CT molecular complexity index is 287. The van der Waals surface area contributed by atoms with E-state index in [0.717, 1.165) is 25.8 Å². The Balaban J connectivity index is 4.90. The van der Waals surface area contributed by atoms with E-state index in [2.05, 4.69) is 13.0 Å². The van der Waals surface area contributed by atoms with Crippen LogP contribution in [-0.4, -0.2) is 23.4 Å². The topological polar surface area (TPSA) is 44.1 Å². The summed E-state index contributed by atoms with van der Waals surface area (Å²) < 4.78 is 0. The molecule has 0 aromatic heterocycles. The van der Waals surface area contributed by atoms with Crippen molar-refractivity contribution in [1.29, 1.82) is 5.26 Å². The monoisotopic (exact) mass is 252 g/mol. The predicted octanol–water partition coefficient (Wildman–Crippen LogP) is 3.74. The molecule has 0 aliphatic heterocycles. The Kier molecular flexibility index (Phi) is 7.66. The zero-order valence-corrected chi connectivity index (χ0v) is 12.6. The first-order valence-corrected chi connectivity index (χ1v) is 7.21. The molecule has 18 heavy (non-hydrogen) atoms. The highest BCUT2D eigenvalue weighted by Gasteiger charge is 2.38. The first kappa shape index (κ1) is 17.0. The van der Waals surface area contributed by atoms with Gasteiger partial charge in [-0.05, 0) is 33.1 Å². The van der Waals surface area contributed by atoms with Gasteiger partial charge in [0, 0.05) is 12.6 Å². The van der Waals surface area contributed by atoms with Crippen molar-refractivity contribution < 1.29 is 4.79 Å². The third kappa shape index (κ3) is 4.01. The molecule has 0 saturated heterocycles. The van der Waals surface area contributed by atoms with Crippen molar-refractivity contribution in [2.24, 2.45) is 5.41 Å². The Labute approximate surface area is 112 Å². The summed E-state index contributed by atoms with van der Waals surface area (Å²) in [6, 6.07) is 2.42. The van der Waals surface area contributed by atoms with Crippen molar-refractivity contribution in [1.82, 2.24) is 4.90 Å². The van der Waals surface area contributed by atoms with E-state index in [1.54, 1.807) is 0 Å². The van der Waals surface area contributed by atoms with Gasteiger partial charge in [-0.1, -0.05) is 33.6 Å². The van der Waals surface area contributed by atoms with Crippen LogP contribution in [0.5, 0.6) is 0 Å². The van der Waals surface area contributed by atoms with Crippen LogP contribution < -0.4 is 0 Å². The standard InChI is InChI=1S/C15H28N2O/c1-6-9-10-11-17(13(4)5)14(18)15(7-2,8-3)12-16/h13H,6-11H2,1-5H3. The van der Waals surface area contributed by atoms with Gasteiger partial charge in [0.15, 0.2) is 0 Å². The summed E-state index contributed by atoms with van der Waals surface area (Å²) in [6.07, 6.45) is 4.49. The van der Waals surface area contributed by atoms with Crippen molar-refractivity contribution in [2.75, 3.05) is 6.54 Å². The molecule has 0 spiro atoms. The minimum Gasteiger partial charge on any atom is -0.339 e. The lowest BCUT2D eigenvalue weighted by Gasteiger charge is -2.34. The van der Waals surface area contributed by atoms with Crippen LogP contribution in [0, 0.1) is 16.7 Å². The van der Waals surface area contributed by atoms with E-state index in [1.807, 2.05) is 32.6 Å². The van der Waals surface area contributed by atoms with E-state index >= 15 is 0 Å². The van der Waals surface area contributed by atoms with E-state index in [1.165, 1.54) is 0 Å². The highest BCUT2D eigenvalue weighted by Crippen LogP contribution is 2.29. The van der Waals surface area contributed by atoms with Gasteiger partial charge in [-0.2, -0.15) is 5.26 Å². The number of carbonyl (C=O) groups excluding carboxylic acids is 1. The summed E-state index contributed by atoms with van der Waals surface area (Å²) in [5.74, 6) is 0.0149. The van der Waals surface area contributed by atoms with E-state index in [4.69, 9.17) is 0 Å². The molecule has 0 atom stereocenters. The maximum atomic E-state index is 12.6. The van der Waals surface area contributed by atoms with Crippen LogP contribution >= 0.6 is 0 Å². The Morgan fingerprint density at radius 2 is 1.78 bits per heavy atom. The van der Waals surface area contributed by atoms with E-state index in [0.29, 0.717) is 12.8 Å². The summed E-state index contributed by atoms with van der Waals surface area (Å²) in [4.78, 5) is 14.5. The molecule has 0 fully saturated rings. The van der Waals surface area contributed by atoms with Crippen molar-refractivity contribution in [3.05, 3.63) is 0 Å². The maximum Gasteiger partial charge on any atom is 0.243 e. The molecule has 0 saturated carbocycles. The number of hydrogen-bond acceptors (Lipinski definition) is 2. The molecule has 1 amide bonds. The van der Waals surface area contributed by atoms with Crippen molar-refractivity contribution in [2.45, 2.75) is 72.8 Å². The summed E-state index contributed by atoms with van der Waals surface area (Å²) in [6.45, 7) is 10.8. The number of rotatable bonds is 8. The number of carbonyl (C=O) groups is 1. The summed E-state index contributed by atoms with van der Waals surface area (Å²) in [5.41, 5.74) is -0.823. The normalized spacial score (nSPS) is 11.4. The number of unbranched alkanes of at least 4 members (excludes halogenated alkanes) is 2. The fourth-order valence-electron chi connectivity index (χ4n) is 2.16. The lowest BCUT2D eigenvalue weighted by Crippen LogP contribution is -2.46. The summed E-state index contributed by atoms with van der Waals surface area (Å²) >= 11 is 0. The molecule has 0 N–H and O–H groups in total. The Morgan fingerprint density at radius 3 is 2.11 bits per heavy atom. The van der Waals surface area contributed by atoms with Gasteiger partial charge in [0.25, 0.3) is 0 Å². The summed E-state index contributed by atoms with van der Waals surface area (Å²) in [7, 11) is 0. The second-order valence-corrected chi connectivity index (χ2v) is 5.20. The fraction of sp³-hybridized carbons (Fsp3) is 0.867. The van der Waals surface area contributed by atoms with Crippen LogP contribution in [0.3, 0.4) is 0 Å². The highest BCUT2D eigenvalue weighted by atomic mass is 16.2. The second-order valence-electron chi connectivity index (χ2n) is 5.20. The van der Waals surface area contributed by atoms with Crippen LogP contribution in [0.2, 0.25) is 0 Å². The molecule has 0 heterocycles. The first-order chi connectivity index (χ1) is 8.48. The first-order valence-electron chi connectivity index (χ1n) is 7.21. The molecular weight excluding hydrogens is 224 g/mol. The molecule has 0 aliphatic rings. The van der Waals surface area contributed by atoms with Gasteiger partial charge < -0.3 is 4.90 Å². The number of nitrogens with zero attached hydrogens (tertiary/aromatic N) is 2. The summed E-state index contributed by atoms with van der Waals surface area (Å²) in [5, 5.41) is 9.35. The molecule has 104 valence electrons. The van der Waals surface area contributed by atoms with Crippen LogP contribution in [-0.2, 0) is 4.79 Å². The van der Waals surface area contributed by atoms with Crippen molar-refractivity contribution in [3.8, 4) is 6.07 Å². The van der Waals surface area contributed by atoms with E-state index < -0.39 is 5.41 Å². The fourth-order valence-corrected chi connectivity index (χ4v) is 2.16. The minimum atomic E-state index is -0.823. The third-order valence-corrected chi connectivity index (χ3v) is 3.72. The van der Waals surface area contributed by atoms with E-state index in [-0.39, 0.29) is 11.9 Å². The van der Waals surface area contributed by atoms with Gasteiger partial charge in [-0.25, -0.2) is 0 Å². The van der Waals surface area contributed by atoms with Gasteiger partial charge in [0.1, 0.15) is 5.41 Å². The zero-order valence-electron chi connectivity index (χ0n) is 12.6. The highest BCUT2D eigenvalue weighted by molar-refractivity contribution is 5.85. The molecule has 0 bridgehead atoms. The largest absolute Gasteiger partial charge is 0.339 e. The maximum absolute atomic E-state index is 12.6. The van der Waals surface area contributed by atoms with Crippen LogP contribution in [0.25, 0.3) is 0 Å². The van der Waals surface area contributed by atoms with Gasteiger partial charge in [-0.3, -0.25) is 4.79 Å². The molecule has 0 aromatic rings. The lowest BCUT2D eigenvalue weighted by molar-refractivity contribution is -0.141. The van der Waals surface area contributed by atoms with Crippen LogP contribution in [0.1, 0.15) is 66.7 Å². The van der Waals surface area contributed by atoms with Gasteiger partial charge in [0.2, 0.25) is 5.91 Å². The Hall–Kier alpha value is -1.04. The molecule has 0 aliphatic carbocycles. The van der Waals surface area contributed by atoms with Crippen LogP contribution in [0.15, 0.2) is 0 Å².